The molecule has 1 aliphatic heterocycles. The van der Waals surface area contributed by atoms with Gasteiger partial charge in [0.15, 0.2) is 0 Å². The Balaban J connectivity index is 1.60. The lowest BCUT2D eigenvalue weighted by molar-refractivity contribution is -0.151. The van der Waals surface area contributed by atoms with Gasteiger partial charge in [0, 0.05) is 42.8 Å². The SMILES string of the molecule is CCOC(=O)C1CCN(C(=O)CN(C)C(=O)Cc2c(C)nn(-c3nc(C)cc(C)n3)c2C)CC1. The van der Waals surface area contributed by atoms with Crippen molar-refractivity contribution in [3.63, 3.8) is 0 Å². The predicted molar refractivity (Wildman–Crippen MR) is 125 cm³/mol. The third-order valence-electron chi connectivity index (χ3n) is 6.19. The normalized spacial score (nSPS) is 14.2. The highest BCUT2D eigenvalue weighted by Gasteiger charge is 2.29. The Hall–Kier alpha value is -3.30. The number of hydrogen-bond donors (Lipinski definition) is 0. The van der Waals surface area contributed by atoms with Crippen LogP contribution >= 0.6 is 0 Å². The molecule has 10 heteroatoms. The molecule has 0 saturated carbocycles. The number of likely N-dealkylation sites (N-methyl/N-ethyl adjacent to an activating group) is 1. The zero-order valence-corrected chi connectivity index (χ0v) is 20.9. The highest BCUT2D eigenvalue weighted by molar-refractivity contribution is 5.86. The van der Waals surface area contributed by atoms with Gasteiger partial charge in [0.2, 0.25) is 11.8 Å². The summed E-state index contributed by atoms with van der Waals surface area (Å²) in [5.74, 6) is -0.161. The molecule has 0 N–H and O–H groups in total. The maximum Gasteiger partial charge on any atom is 0.309 e. The minimum Gasteiger partial charge on any atom is -0.466 e. The molecule has 0 aliphatic carbocycles. The molecule has 0 unspecified atom stereocenters. The van der Waals surface area contributed by atoms with Crippen LogP contribution in [0.1, 0.15) is 48.1 Å². The molecule has 0 spiro atoms. The van der Waals surface area contributed by atoms with Gasteiger partial charge < -0.3 is 14.5 Å². The number of carbonyl (C=O) groups is 3. The van der Waals surface area contributed by atoms with Gasteiger partial charge in [0.25, 0.3) is 5.95 Å². The molecule has 1 fully saturated rings. The van der Waals surface area contributed by atoms with Crippen LogP contribution in [0.3, 0.4) is 0 Å². The van der Waals surface area contributed by atoms with Crippen molar-refractivity contribution < 1.29 is 19.1 Å². The largest absolute Gasteiger partial charge is 0.466 e. The lowest BCUT2D eigenvalue weighted by atomic mass is 9.97. The minimum absolute atomic E-state index is 0.00464. The molecule has 0 radical (unpaired) electrons. The summed E-state index contributed by atoms with van der Waals surface area (Å²) >= 11 is 0. The molecule has 34 heavy (non-hydrogen) atoms. The molecule has 0 atom stereocenters. The number of esters is 1. The van der Waals surface area contributed by atoms with E-state index in [9.17, 15) is 14.4 Å². The van der Waals surface area contributed by atoms with Crippen molar-refractivity contribution in [2.24, 2.45) is 5.92 Å². The van der Waals surface area contributed by atoms with E-state index < -0.39 is 0 Å². The second-order valence-corrected chi connectivity index (χ2v) is 8.85. The van der Waals surface area contributed by atoms with Gasteiger partial charge in [-0.05, 0) is 53.5 Å². The van der Waals surface area contributed by atoms with Crippen LogP contribution in [-0.2, 0) is 25.5 Å². The van der Waals surface area contributed by atoms with Crippen molar-refractivity contribution >= 4 is 17.8 Å². The van der Waals surface area contributed by atoms with Crippen molar-refractivity contribution in [2.75, 3.05) is 33.3 Å². The zero-order chi connectivity index (χ0) is 25.0. The first-order valence-corrected chi connectivity index (χ1v) is 11.7. The number of amides is 2. The summed E-state index contributed by atoms with van der Waals surface area (Å²) in [7, 11) is 1.63. The second-order valence-electron chi connectivity index (χ2n) is 8.85. The van der Waals surface area contributed by atoms with E-state index in [4.69, 9.17) is 4.74 Å². The number of hydrogen-bond acceptors (Lipinski definition) is 7. The first-order chi connectivity index (χ1) is 16.1. The molecular formula is C24H34N6O4. The zero-order valence-electron chi connectivity index (χ0n) is 20.9. The number of rotatable bonds is 7. The molecular weight excluding hydrogens is 436 g/mol. The number of aromatic nitrogens is 4. The van der Waals surface area contributed by atoms with Gasteiger partial charge in [0.05, 0.1) is 31.2 Å². The predicted octanol–water partition coefficient (Wildman–Crippen LogP) is 1.70. The smallest absolute Gasteiger partial charge is 0.309 e. The summed E-state index contributed by atoms with van der Waals surface area (Å²) < 4.78 is 6.74. The van der Waals surface area contributed by atoms with E-state index in [1.54, 1.807) is 23.6 Å². The fraction of sp³-hybridized carbons (Fsp3) is 0.583. The van der Waals surface area contributed by atoms with Gasteiger partial charge in [-0.1, -0.05) is 0 Å². The molecule has 0 aromatic carbocycles. The van der Waals surface area contributed by atoms with Crippen LogP contribution in [0, 0.1) is 33.6 Å². The number of nitrogens with zero attached hydrogens (tertiary/aromatic N) is 6. The van der Waals surface area contributed by atoms with E-state index in [1.165, 1.54) is 4.90 Å². The lowest BCUT2D eigenvalue weighted by Crippen LogP contribution is -2.46. The van der Waals surface area contributed by atoms with Crippen LogP contribution in [0.4, 0.5) is 0 Å². The van der Waals surface area contributed by atoms with Crippen molar-refractivity contribution in [2.45, 2.75) is 53.9 Å². The Labute approximate surface area is 200 Å². The topological polar surface area (TPSA) is 111 Å². The number of ether oxygens (including phenoxy) is 1. The van der Waals surface area contributed by atoms with Gasteiger partial charge >= 0.3 is 5.97 Å². The van der Waals surface area contributed by atoms with Crippen LogP contribution in [0.15, 0.2) is 6.07 Å². The number of likely N-dealkylation sites (tertiary alicyclic amines) is 1. The number of carbonyl (C=O) groups excluding carboxylic acids is 3. The average molecular weight is 471 g/mol. The van der Waals surface area contributed by atoms with Gasteiger partial charge in [0.1, 0.15) is 0 Å². The standard InChI is InChI=1S/C24H34N6O4/c1-7-34-23(33)19-8-10-29(11-9-19)22(32)14-28(6)21(31)13-20-17(4)27-30(18(20)5)24-25-15(2)12-16(3)26-24/h12,19H,7-11,13-14H2,1-6H3. The Morgan fingerprint density at radius 2 is 1.71 bits per heavy atom. The van der Waals surface area contributed by atoms with Crippen molar-refractivity contribution in [1.82, 2.24) is 29.5 Å². The monoisotopic (exact) mass is 470 g/mol. The molecule has 3 heterocycles. The summed E-state index contributed by atoms with van der Waals surface area (Å²) in [4.78, 5) is 49.7. The average Bonchev–Trinajstić information content (AvgIpc) is 3.07. The highest BCUT2D eigenvalue weighted by Crippen LogP contribution is 2.20. The molecule has 2 amide bonds. The van der Waals surface area contributed by atoms with Crippen LogP contribution in [0.25, 0.3) is 5.95 Å². The van der Waals surface area contributed by atoms with Crippen molar-refractivity contribution in [1.29, 1.82) is 0 Å². The van der Waals surface area contributed by atoms with Crippen LogP contribution in [-0.4, -0.2) is 80.6 Å². The van der Waals surface area contributed by atoms with E-state index in [0.29, 0.717) is 38.5 Å². The Bertz CT molecular complexity index is 1050. The summed E-state index contributed by atoms with van der Waals surface area (Å²) in [6.45, 7) is 10.7. The Kier molecular flexibility index (Phi) is 8.01. The highest BCUT2D eigenvalue weighted by atomic mass is 16.5. The Morgan fingerprint density at radius 1 is 1.09 bits per heavy atom. The quantitative estimate of drug-likeness (QED) is 0.566. The third-order valence-corrected chi connectivity index (χ3v) is 6.19. The maximum absolute atomic E-state index is 12.9. The first kappa shape index (κ1) is 25.3. The molecule has 2 aromatic heterocycles. The lowest BCUT2D eigenvalue weighted by Gasteiger charge is -2.32. The van der Waals surface area contributed by atoms with Crippen molar-refractivity contribution in [3.8, 4) is 5.95 Å². The van der Waals surface area contributed by atoms with Gasteiger partial charge in [-0.2, -0.15) is 5.10 Å². The van der Waals surface area contributed by atoms with E-state index in [-0.39, 0.29) is 36.7 Å². The molecule has 1 saturated heterocycles. The van der Waals surface area contributed by atoms with Crippen LogP contribution < -0.4 is 0 Å². The molecule has 0 bridgehead atoms. The van der Waals surface area contributed by atoms with E-state index in [1.807, 2.05) is 33.8 Å². The van der Waals surface area contributed by atoms with Gasteiger partial charge in [-0.25, -0.2) is 14.6 Å². The summed E-state index contributed by atoms with van der Waals surface area (Å²) in [6, 6.07) is 1.89. The van der Waals surface area contributed by atoms with Gasteiger partial charge in [-0.3, -0.25) is 14.4 Å². The molecule has 1 aliphatic rings. The maximum atomic E-state index is 12.9. The van der Waals surface area contributed by atoms with Crippen LogP contribution in [0.5, 0.6) is 0 Å². The first-order valence-electron chi connectivity index (χ1n) is 11.7. The van der Waals surface area contributed by atoms with Crippen molar-refractivity contribution in [3.05, 3.63) is 34.4 Å². The molecule has 10 nitrogen and oxygen atoms in total. The molecule has 2 aromatic rings. The fourth-order valence-corrected chi connectivity index (χ4v) is 4.23. The van der Waals surface area contributed by atoms with E-state index in [0.717, 1.165) is 28.3 Å². The third kappa shape index (κ3) is 5.78. The minimum atomic E-state index is -0.195. The fourth-order valence-electron chi connectivity index (χ4n) is 4.23. The molecule has 184 valence electrons. The second kappa shape index (κ2) is 10.8. The summed E-state index contributed by atoms with van der Waals surface area (Å²) in [5, 5.41) is 4.55. The number of piperidine rings is 1. The molecule has 3 rings (SSSR count). The van der Waals surface area contributed by atoms with Gasteiger partial charge in [-0.15, -0.1) is 0 Å². The number of aryl methyl sites for hydroxylation is 3. The summed E-state index contributed by atoms with van der Waals surface area (Å²) in [6.07, 6.45) is 1.30. The van der Waals surface area contributed by atoms with E-state index >= 15 is 0 Å². The Morgan fingerprint density at radius 3 is 2.29 bits per heavy atom. The van der Waals surface area contributed by atoms with Crippen LogP contribution in [0.2, 0.25) is 0 Å². The van der Waals surface area contributed by atoms with E-state index in [2.05, 4.69) is 15.1 Å². The summed E-state index contributed by atoms with van der Waals surface area (Å²) in [5.41, 5.74) is 4.03.